The van der Waals surface area contributed by atoms with Crippen LogP contribution >= 0.6 is 0 Å². The third-order valence-corrected chi connectivity index (χ3v) is 4.13. The van der Waals surface area contributed by atoms with Crippen molar-refractivity contribution in [1.29, 1.82) is 0 Å². The van der Waals surface area contributed by atoms with Gasteiger partial charge >= 0.3 is 5.97 Å². The SMILES string of the molecule is Cc1cc(CNC(=O)C2CCCC2C(=O)O)cc(C)c1F. The first kappa shape index (κ1) is 15.5. The Hall–Kier alpha value is -1.91. The second kappa shape index (κ2) is 6.24. The zero-order valence-electron chi connectivity index (χ0n) is 12.3. The lowest BCUT2D eigenvalue weighted by Crippen LogP contribution is -2.34. The number of amides is 1. The first-order chi connectivity index (χ1) is 9.90. The van der Waals surface area contributed by atoms with E-state index in [0.29, 0.717) is 30.5 Å². The van der Waals surface area contributed by atoms with Gasteiger partial charge in [-0.2, -0.15) is 0 Å². The maximum atomic E-state index is 13.5. The van der Waals surface area contributed by atoms with Gasteiger partial charge in [0.05, 0.1) is 11.8 Å². The van der Waals surface area contributed by atoms with Gasteiger partial charge in [0, 0.05) is 6.54 Å². The molecule has 0 aliphatic heterocycles. The van der Waals surface area contributed by atoms with E-state index in [1.165, 1.54) is 0 Å². The summed E-state index contributed by atoms with van der Waals surface area (Å²) < 4.78 is 13.5. The molecular formula is C16H20FNO3. The largest absolute Gasteiger partial charge is 0.481 e. The molecule has 1 aromatic carbocycles. The highest BCUT2D eigenvalue weighted by Gasteiger charge is 2.37. The van der Waals surface area contributed by atoms with Crippen molar-refractivity contribution in [2.24, 2.45) is 11.8 Å². The highest BCUT2D eigenvalue weighted by Crippen LogP contribution is 2.32. The number of benzene rings is 1. The second-order valence-electron chi connectivity index (χ2n) is 5.74. The maximum absolute atomic E-state index is 13.5. The number of hydrogen-bond acceptors (Lipinski definition) is 2. The number of carbonyl (C=O) groups excluding carboxylic acids is 1. The molecule has 0 spiro atoms. The molecule has 2 N–H and O–H groups in total. The number of carboxylic acid groups (broad SMARTS) is 1. The average Bonchev–Trinajstić information content (AvgIpc) is 2.91. The molecule has 2 atom stereocenters. The van der Waals surface area contributed by atoms with E-state index in [0.717, 1.165) is 12.0 Å². The fourth-order valence-corrected chi connectivity index (χ4v) is 3.03. The average molecular weight is 293 g/mol. The quantitative estimate of drug-likeness (QED) is 0.896. The van der Waals surface area contributed by atoms with E-state index < -0.39 is 17.8 Å². The first-order valence-corrected chi connectivity index (χ1v) is 7.16. The Kier molecular flexibility index (Phi) is 4.60. The minimum Gasteiger partial charge on any atom is -0.481 e. The van der Waals surface area contributed by atoms with Crippen molar-refractivity contribution in [3.05, 3.63) is 34.6 Å². The molecule has 0 saturated heterocycles. The summed E-state index contributed by atoms with van der Waals surface area (Å²) in [4.78, 5) is 23.2. The van der Waals surface area contributed by atoms with Crippen molar-refractivity contribution in [2.45, 2.75) is 39.7 Å². The highest BCUT2D eigenvalue weighted by molar-refractivity contribution is 5.85. The first-order valence-electron chi connectivity index (χ1n) is 7.16. The van der Waals surface area contributed by atoms with Crippen LogP contribution in [0.5, 0.6) is 0 Å². The number of halogens is 1. The summed E-state index contributed by atoms with van der Waals surface area (Å²) in [6.45, 7) is 3.67. The third kappa shape index (κ3) is 3.40. The smallest absolute Gasteiger partial charge is 0.307 e. The molecule has 0 radical (unpaired) electrons. The lowest BCUT2D eigenvalue weighted by Gasteiger charge is -2.16. The van der Waals surface area contributed by atoms with E-state index in [2.05, 4.69) is 5.32 Å². The van der Waals surface area contributed by atoms with Crippen LogP contribution < -0.4 is 5.32 Å². The Balaban J connectivity index is 2.00. The van der Waals surface area contributed by atoms with E-state index >= 15 is 0 Å². The van der Waals surface area contributed by atoms with Gasteiger partial charge in [-0.05, 0) is 43.4 Å². The molecule has 2 unspecified atom stereocenters. The van der Waals surface area contributed by atoms with Gasteiger partial charge in [0.25, 0.3) is 0 Å². The molecule has 5 heteroatoms. The molecule has 1 aliphatic carbocycles. The number of aliphatic carboxylic acids is 1. The fraction of sp³-hybridized carbons (Fsp3) is 0.500. The number of carboxylic acids is 1. The molecule has 2 rings (SSSR count). The van der Waals surface area contributed by atoms with Gasteiger partial charge in [-0.1, -0.05) is 18.6 Å². The van der Waals surface area contributed by atoms with E-state index in [4.69, 9.17) is 5.11 Å². The molecule has 1 saturated carbocycles. The van der Waals surface area contributed by atoms with Crippen LogP contribution in [0.4, 0.5) is 4.39 Å². The van der Waals surface area contributed by atoms with Crippen LogP contribution in [0.15, 0.2) is 12.1 Å². The second-order valence-corrected chi connectivity index (χ2v) is 5.74. The van der Waals surface area contributed by atoms with Crippen molar-refractivity contribution < 1.29 is 19.1 Å². The monoisotopic (exact) mass is 293 g/mol. The highest BCUT2D eigenvalue weighted by atomic mass is 19.1. The predicted octanol–water partition coefficient (Wildman–Crippen LogP) is 2.56. The van der Waals surface area contributed by atoms with Crippen LogP contribution in [-0.2, 0) is 16.1 Å². The number of hydrogen-bond donors (Lipinski definition) is 2. The Morgan fingerprint density at radius 3 is 2.38 bits per heavy atom. The molecule has 0 heterocycles. The van der Waals surface area contributed by atoms with Crippen molar-refractivity contribution >= 4 is 11.9 Å². The normalized spacial score (nSPS) is 21.3. The summed E-state index contributed by atoms with van der Waals surface area (Å²) in [5, 5.41) is 11.9. The Morgan fingerprint density at radius 1 is 1.24 bits per heavy atom. The molecule has 1 fully saturated rings. The Labute approximate surface area is 123 Å². The third-order valence-electron chi connectivity index (χ3n) is 4.13. The molecular weight excluding hydrogens is 273 g/mol. The van der Waals surface area contributed by atoms with Crippen LogP contribution in [0, 0.1) is 31.5 Å². The lowest BCUT2D eigenvalue weighted by atomic mass is 9.95. The maximum Gasteiger partial charge on any atom is 0.307 e. The topological polar surface area (TPSA) is 66.4 Å². The van der Waals surface area contributed by atoms with Gasteiger partial charge in [0.1, 0.15) is 5.82 Å². The number of carbonyl (C=O) groups is 2. The fourth-order valence-electron chi connectivity index (χ4n) is 3.03. The van der Waals surface area contributed by atoms with Gasteiger partial charge in [0.2, 0.25) is 5.91 Å². The Morgan fingerprint density at radius 2 is 1.81 bits per heavy atom. The zero-order valence-corrected chi connectivity index (χ0v) is 12.3. The van der Waals surface area contributed by atoms with E-state index in [1.807, 2.05) is 0 Å². The summed E-state index contributed by atoms with van der Waals surface area (Å²) in [5.41, 5.74) is 1.91. The van der Waals surface area contributed by atoms with E-state index in [1.54, 1.807) is 26.0 Å². The van der Waals surface area contributed by atoms with E-state index in [9.17, 15) is 14.0 Å². The minimum absolute atomic E-state index is 0.223. The van der Waals surface area contributed by atoms with Crippen molar-refractivity contribution in [1.82, 2.24) is 5.32 Å². The standard InChI is InChI=1S/C16H20FNO3/c1-9-6-11(7-10(2)14(9)17)8-18-15(19)12-4-3-5-13(12)16(20)21/h6-7,12-13H,3-5,8H2,1-2H3,(H,18,19)(H,20,21). The van der Waals surface area contributed by atoms with Crippen LogP contribution in [0.2, 0.25) is 0 Å². The summed E-state index contributed by atoms with van der Waals surface area (Å²) >= 11 is 0. The Bertz CT molecular complexity index is 548. The zero-order chi connectivity index (χ0) is 15.6. The molecule has 0 aromatic heterocycles. The number of rotatable bonds is 4. The molecule has 114 valence electrons. The van der Waals surface area contributed by atoms with Crippen molar-refractivity contribution in [3.8, 4) is 0 Å². The molecule has 0 bridgehead atoms. The van der Waals surface area contributed by atoms with Crippen LogP contribution in [-0.4, -0.2) is 17.0 Å². The van der Waals surface area contributed by atoms with Crippen LogP contribution in [0.25, 0.3) is 0 Å². The van der Waals surface area contributed by atoms with Crippen LogP contribution in [0.3, 0.4) is 0 Å². The molecule has 21 heavy (non-hydrogen) atoms. The minimum atomic E-state index is -0.902. The number of nitrogens with one attached hydrogen (secondary N) is 1. The van der Waals surface area contributed by atoms with E-state index in [-0.39, 0.29) is 11.7 Å². The summed E-state index contributed by atoms with van der Waals surface area (Å²) in [7, 11) is 0. The molecule has 1 aromatic rings. The van der Waals surface area contributed by atoms with Gasteiger partial charge in [-0.15, -0.1) is 0 Å². The summed E-state index contributed by atoms with van der Waals surface area (Å²) in [5.74, 6) is -2.39. The predicted molar refractivity (Wildman–Crippen MR) is 76.2 cm³/mol. The van der Waals surface area contributed by atoms with Gasteiger partial charge in [-0.3, -0.25) is 9.59 Å². The summed E-state index contributed by atoms with van der Waals surface area (Å²) in [6, 6.07) is 3.40. The number of aryl methyl sites for hydroxylation is 2. The molecule has 4 nitrogen and oxygen atoms in total. The van der Waals surface area contributed by atoms with Gasteiger partial charge < -0.3 is 10.4 Å². The lowest BCUT2D eigenvalue weighted by molar-refractivity contribution is -0.146. The van der Waals surface area contributed by atoms with Gasteiger partial charge in [0.15, 0.2) is 0 Å². The van der Waals surface area contributed by atoms with Gasteiger partial charge in [-0.25, -0.2) is 4.39 Å². The summed E-state index contributed by atoms with van der Waals surface area (Å²) in [6.07, 6.45) is 1.94. The van der Waals surface area contributed by atoms with Crippen molar-refractivity contribution in [2.75, 3.05) is 0 Å². The molecule has 1 amide bonds. The van der Waals surface area contributed by atoms with Crippen molar-refractivity contribution in [3.63, 3.8) is 0 Å². The van der Waals surface area contributed by atoms with Crippen LogP contribution in [0.1, 0.15) is 36.0 Å². The molecule has 1 aliphatic rings.